The van der Waals surface area contributed by atoms with Crippen molar-refractivity contribution in [1.82, 2.24) is 15.6 Å². The summed E-state index contributed by atoms with van der Waals surface area (Å²) in [6.07, 6.45) is 1.76. The molecular weight excluding hydrogens is 326 g/mol. The van der Waals surface area contributed by atoms with Crippen LogP contribution in [0.15, 0.2) is 5.38 Å². The molecule has 1 unspecified atom stereocenters. The normalized spacial score (nSPS) is 11.6. The van der Waals surface area contributed by atoms with Crippen LogP contribution in [-0.4, -0.2) is 48.2 Å². The summed E-state index contributed by atoms with van der Waals surface area (Å²) >= 11 is 5.45. The molecule has 1 heterocycles. The summed E-state index contributed by atoms with van der Waals surface area (Å²) in [7, 11) is 1.22. The van der Waals surface area contributed by atoms with Crippen LogP contribution < -0.4 is 10.6 Å². The maximum Gasteiger partial charge on any atom is 0.325 e. The van der Waals surface area contributed by atoms with E-state index in [9.17, 15) is 14.4 Å². The number of aryl methyl sites for hydroxylation is 1. The number of hydrogen-bond acceptors (Lipinski definition) is 7. The Kier molecular flexibility index (Phi) is 7.89. The number of hydrogen-bond donors (Lipinski definition) is 3. The molecular formula is C13H19N3O4S2. The average molecular weight is 345 g/mol. The SMILES string of the molecule is CCCc1nc(C(=O)NC(CS)C(=O)NCC(=O)OC)cs1. The highest BCUT2D eigenvalue weighted by atomic mass is 32.1. The molecule has 7 nitrogen and oxygen atoms in total. The molecule has 0 aromatic carbocycles. The zero-order valence-corrected chi connectivity index (χ0v) is 14.1. The lowest BCUT2D eigenvalue weighted by Gasteiger charge is -2.15. The first kappa shape index (κ1) is 18.4. The minimum atomic E-state index is -0.850. The molecule has 1 aromatic heterocycles. The first-order chi connectivity index (χ1) is 10.5. The number of ether oxygens (including phenoxy) is 1. The molecule has 0 bridgehead atoms. The second-order valence-electron chi connectivity index (χ2n) is 4.38. The highest BCUT2D eigenvalue weighted by Crippen LogP contribution is 2.11. The molecule has 0 radical (unpaired) electrons. The highest BCUT2D eigenvalue weighted by molar-refractivity contribution is 7.80. The second-order valence-corrected chi connectivity index (χ2v) is 5.69. The second kappa shape index (κ2) is 9.42. The van der Waals surface area contributed by atoms with Crippen LogP contribution in [0.5, 0.6) is 0 Å². The van der Waals surface area contributed by atoms with Gasteiger partial charge in [0.2, 0.25) is 5.91 Å². The zero-order valence-electron chi connectivity index (χ0n) is 12.4. The summed E-state index contributed by atoms with van der Waals surface area (Å²) in [6.45, 7) is 1.77. The summed E-state index contributed by atoms with van der Waals surface area (Å²) < 4.78 is 4.42. The fraction of sp³-hybridized carbons (Fsp3) is 0.538. The lowest BCUT2D eigenvalue weighted by atomic mass is 10.3. The lowest BCUT2D eigenvalue weighted by Crippen LogP contribution is -2.49. The molecule has 122 valence electrons. The van der Waals surface area contributed by atoms with Crippen LogP contribution in [0, 0.1) is 0 Å². The van der Waals surface area contributed by atoms with Crippen LogP contribution in [0.4, 0.5) is 0 Å². The van der Waals surface area contributed by atoms with Crippen molar-refractivity contribution in [3.63, 3.8) is 0 Å². The Balaban J connectivity index is 2.58. The summed E-state index contributed by atoms with van der Waals surface area (Å²) in [6, 6.07) is -0.850. The van der Waals surface area contributed by atoms with E-state index < -0.39 is 23.8 Å². The standard InChI is InChI=1S/C13H19N3O4S2/c1-3-4-10-15-9(7-22-10)13(19)16-8(6-21)12(18)14-5-11(17)20-2/h7-8,21H,3-6H2,1-2H3,(H,14,18)(H,16,19). The van der Waals surface area contributed by atoms with Gasteiger partial charge in [0, 0.05) is 11.1 Å². The van der Waals surface area contributed by atoms with Gasteiger partial charge in [-0.15, -0.1) is 11.3 Å². The fourth-order valence-electron chi connectivity index (χ4n) is 1.52. The van der Waals surface area contributed by atoms with E-state index in [0.717, 1.165) is 17.8 Å². The Labute approximate surface area is 138 Å². The molecule has 0 saturated carbocycles. The number of nitrogens with one attached hydrogen (secondary N) is 2. The Morgan fingerprint density at radius 3 is 2.77 bits per heavy atom. The fourth-order valence-corrected chi connectivity index (χ4v) is 2.66. The number of rotatable bonds is 8. The quantitative estimate of drug-likeness (QED) is 0.468. The maximum atomic E-state index is 12.1. The monoisotopic (exact) mass is 345 g/mol. The van der Waals surface area contributed by atoms with E-state index in [0.29, 0.717) is 0 Å². The molecule has 0 aliphatic heterocycles. The molecule has 2 N–H and O–H groups in total. The van der Waals surface area contributed by atoms with Gasteiger partial charge in [-0.25, -0.2) is 4.98 Å². The van der Waals surface area contributed by atoms with E-state index in [2.05, 4.69) is 33.0 Å². The number of aromatic nitrogens is 1. The topological polar surface area (TPSA) is 97.4 Å². The Bertz CT molecular complexity index is 533. The third-order valence-electron chi connectivity index (χ3n) is 2.69. The van der Waals surface area contributed by atoms with Gasteiger partial charge in [0.05, 0.1) is 12.1 Å². The Hall–Kier alpha value is -1.61. The molecule has 0 fully saturated rings. The van der Waals surface area contributed by atoms with Crippen molar-refractivity contribution in [3.05, 3.63) is 16.1 Å². The van der Waals surface area contributed by atoms with Crippen LogP contribution in [0.1, 0.15) is 28.8 Å². The van der Waals surface area contributed by atoms with Crippen LogP contribution in [0.25, 0.3) is 0 Å². The van der Waals surface area contributed by atoms with Gasteiger partial charge in [0.25, 0.3) is 5.91 Å². The van der Waals surface area contributed by atoms with Crippen LogP contribution in [0.2, 0.25) is 0 Å². The summed E-state index contributed by atoms with van der Waals surface area (Å²) in [5.74, 6) is -1.41. The predicted molar refractivity (Wildman–Crippen MR) is 86.2 cm³/mol. The summed E-state index contributed by atoms with van der Waals surface area (Å²) in [5, 5.41) is 7.45. The van der Waals surface area contributed by atoms with Crippen molar-refractivity contribution in [2.24, 2.45) is 0 Å². The van der Waals surface area contributed by atoms with Crippen molar-refractivity contribution in [2.45, 2.75) is 25.8 Å². The molecule has 2 amide bonds. The van der Waals surface area contributed by atoms with E-state index in [-0.39, 0.29) is 18.0 Å². The third kappa shape index (κ3) is 5.64. The van der Waals surface area contributed by atoms with E-state index in [1.807, 2.05) is 6.92 Å². The first-order valence-corrected chi connectivity index (χ1v) is 8.23. The average Bonchev–Trinajstić information content (AvgIpc) is 2.98. The van der Waals surface area contributed by atoms with E-state index in [1.54, 1.807) is 5.38 Å². The number of carbonyl (C=O) groups is 3. The van der Waals surface area contributed by atoms with E-state index in [1.165, 1.54) is 18.4 Å². The maximum absolute atomic E-state index is 12.1. The van der Waals surface area contributed by atoms with Gasteiger partial charge < -0.3 is 15.4 Å². The molecule has 9 heteroatoms. The minimum Gasteiger partial charge on any atom is -0.468 e. The summed E-state index contributed by atoms with van der Waals surface area (Å²) in [5.41, 5.74) is 0.279. The van der Waals surface area contributed by atoms with Gasteiger partial charge >= 0.3 is 5.97 Å². The molecule has 1 aromatic rings. The first-order valence-electron chi connectivity index (χ1n) is 6.72. The van der Waals surface area contributed by atoms with Crippen molar-refractivity contribution >= 4 is 41.7 Å². The number of thiol groups is 1. The molecule has 0 aliphatic carbocycles. The number of thiazole rings is 1. The number of esters is 1. The van der Waals surface area contributed by atoms with Crippen molar-refractivity contribution in [2.75, 3.05) is 19.4 Å². The summed E-state index contributed by atoms with van der Waals surface area (Å²) in [4.78, 5) is 39.1. The molecule has 22 heavy (non-hydrogen) atoms. The molecule has 1 atom stereocenters. The van der Waals surface area contributed by atoms with Gasteiger partial charge in [-0.1, -0.05) is 6.92 Å². The third-order valence-corrected chi connectivity index (χ3v) is 3.96. The van der Waals surface area contributed by atoms with Crippen LogP contribution >= 0.6 is 24.0 Å². The Morgan fingerprint density at radius 1 is 1.45 bits per heavy atom. The van der Waals surface area contributed by atoms with Crippen molar-refractivity contribution in [1.29, 1.82) is 0 Å². The van der Waals surface area contributed by atoms with Gasteiger partial charge in [-0.2, -0.15) is 12.6 Å². The molecule has 0 saturated heterocycles. The van der Waals surface area contributed by atoms with Gasteiger partial charge in [-0.3, -0.25) is 14.4 Å². The van der Waals surface area contributed by atoms with Gasteiger partial charge in [-0.05, 0) is 12.8 Å². The lowest BCUT2D eigenvalue weighted by molar-refractivity contribution is -0.141. The largest absolute Gasteiger partial charge is 0.468 e. The van der Waals surface area contributed by atoms with Crippen LogP contribution in [-0.2, 0) is 20.7 Å². The molecule has 0 aliphatic rings. The molecule has 1 rings (SSSR count). The Morgan fingerprint density at radius 2 is 2.18 bits per heavy atom. The van der Waals surface area contributed by atoms with Gasteiger partial charge in [0.15, 0.2) is 0 Å². The van der Waals surface area contributed by atoms with E-state index >= 15 is 0 Å². The number of nitrogens with zero attached hydrogens (tertiary/aromatic N) is 1. The smallest absolute Gasteiger partial charge is 0.325 e. The number of amides is 2. The number of methoxy groups -OCH3 is 1. The predicted octanol–water partition coefficient (Wildman–Crippen LogP) is 0.413. The zero-order chi connectivity index (χ0) is 16.5. The minimum absolute atomic E-state index is 0.102. The van der Waals surface area contributed by atoms with Crippen molar-refractivity contribution in [3.8, 4) is 0 Å². The van der Waals surface area contributed by atoms with Gasteiger partial charge in [0.1, 0.15) is 18.3 Å². The molecule has 0 spiro atoms. The van der Waals surface area contributed by atoms with Crippen LogP contribution in [0.3, 0.4) is 0 Å². The number of carbonyl (C=O) groups excluding carboxylic acids is 3. The highest BCUT2D eigenvalue weighted by Gasteiger charge is 2.21. The van der Waals surface area contributed by atoms with Crippen molar-refractivity contribution < 1.29 is 19.1 Å². The van der Waals surface area contributed by atoms with E-state index in [4.69, 9.17) is 0 Å².